The Morgan fingerprint density at radius 3 is 2.64 bits per heavy atom. The van der Waals surface area contributed by atoms with Crippen molar-refractivity contribution in [3.63, 3.8) is 0 Å². The van der Waals surface area contributed by atoms with E-state index >= 15 is 0 Å². The van der Waals surface area contributed by atoms with Gasteiger partial charge in [0.1, 0.15) is 0 Å². The zero-order valence-corrected chi connectivity index (χ0v) is 12.0. The van der Waals surface area contributed by atoms with E-state index in [1.165, 1.54) is 5.69 Å². The van der Waals surface area contributed by atoms with E-state index in [1.54, 1.807) is 6.33 Å². The average Bonchev–Trinajstić information content (AvgIpc) is 2.65. The Balaban J connectivity index is 0.00000169. The van der Waals surface area contributed by atoms with Gasteiger partial charge in [0, 0.05) is 44.6 Å². The summed E-state index contributed by atoms with van der Waals surface area (Å²) in [7, 11) is 0. The molecule has 1 aromatic heterocycles. The summed E-state index contributed by atoms with van der Waals surface area (Å²) < 4.78 is 0. The summed E-state index contributed by atoms with van der Waals surface area (Å²) in [4.78, 5) is 7.08. The quantitative estimate of drug-likeness (QED) is 0.816. The van der Waals surface area contributed by atoms with Crippen LogP contribution in [0, 0.1) is 24.7 Å². The summed E-state index contributed by atoms with van der Waals surface area (Å²) in [5.41, 5.74) is 1.19. The van der Waals surface area contributed by atoms with Gasteiger partial charge in [-0.15, -0.1) is 6.42 Å². The zero-order valence-electron chi connectivity index (χ0n) is 9.20. The maximum atomic E-state index is 3.98. The number of nitrogens with one attached hydrogen (secondary N) is 1. The molecule has 0 fully saturated rings. The van der Waals surface area contributed by atoms with E-state index in [9.17, 15) is 0 Å². The second-order valence-electron chi connectivity index (χ2n) is 3.57. The van der Waals surface area contributed by atoms with Crippen LogP contribution in [0.1, 0.15) is 26.5 Å². The minimum absolute atomic E-state index is 0. The van der Waals surface area contributed by atoms with Gasteiger partial charge in [0.2, 0.25) is 0 Å². The van der Waals surface area contributed by atoms with E-state index in [4.69, 9.17) is 0 Å². The van der Waals surface area contributed by atoms with Crippen molar-refractivity contribution in [3.8, 4) is 0 Å². The van der Waals surface area contributed by atoms with Crippen LogP contribution in [0.15, 0.2) is 12.5 Å². The molecule has 2 nitrogen and oxygen atoms in total. The van der Waals surface area contributed by atoms with Crippen molar-refractivity contribution in [2.45, 2.75) is 27.2 Å². The van der Waals surface area contributed by atoms with Crippen LogP contribution in [0.5, 0.6) is 0 Å². The third-order valence-corrected chi connectivity index (χ3v) is 2.62. The van der Waals surface area contributed by atoms with Crippen molar-refractivity contribution in [3.05, 3.63) is 31.1 Å². The van der Waals surface area contributed by atoms with Gasteiger partial charge in [0.25, 0.3) is 0 Å². The monoisotopic (exact) mass is 267 g/mol. The molecule has 0 aliphatic carbocycles. The van der Waals surface area contributed by atoms with Crippen LogP contribution in [0.4, 0.5) is 0 Å². The van der Waals surface area contributed by atoms with Crippen LogP contribution in [0.3, 0.4) is 0 Å². The Kier molecular flexibility index (Phi) is 7.76. The van der Waals surface area contributed by atoms with Crippen molar-refractivity contribution in [1.29, 1.82) is 0 Å². The largest absolute Gasteiger partial charge is 0.351 e. The van der Waals surface area contributed by atoms with E-state index in [2.05, 4.69) is 43.6 Å². The first-order valence-corrected chi connectivity index (χ1v) is 4.84. The fourth-order valence-electron chi connectivity index (χ4n) is 1.23. The molecule has 14 heavy (non-hydrogen) atoms. The Labute approximate surface area is 112 Å². The van der Waals surface area contributed by atoms with Gasteiger partial charge in [-0.2, -0.15) is 18.8 Å². The van der Waals surface area contributed by atoms with Crippen molar-refractivity contribution < 1.29 is 32.7 Å². The Bertz CT molecular complexity index is 221. The standard InChI is InChI=1S/C11H18N2.Y/c1-4-9(2)10(3)5-6-11-7-12-8-13-11;/h4-5,7-10H,6H2,1-3H3,(H,12,13);/q-2;. The van der Waals surface area contributed by atoms with E-state index < -0.39 is 0 Å². The first kappa shape index (κ1) is 14.3. The van der Waals surface area contributed by atoms with Crippen LogP contribution >= 0.6 is 0 Å². The normalized spacial score (nSPS) is 14.5. The molecule has 0 amide bonds. The fourth-order valence-corrected chi connectivity index (χ4v) is 1.23. The molecule has 1 radical (unpaired) electrons. The molecule has 3 heteroatoms. The summed E-state index contributed by atoms with van der Waals surface area (Å²) in [5, 5.41) is 0. The fraction of sp³-hybridized carbons (Fsp3) is 0.545. The molecule has 2 unspecified atom stereocenters. The molecule has 0 aliphatic rings. The van der Waals surface area contributed by atoms with Gasteiger partial charge in [0.15, 0.2) is 0 Å². The van der Waals surface area contributed by atoms with Gasteiger partial charge < -0.3 is 17.8 Å². The van der Waals surface area contributed by atoms with Crippen molar-refractivity contribution in [2.75, 3.05) is 0 Å². The molecule has 0 aliphatic heterocycles. The predicted molar refractivity (Wildman–Crippen MR) is 54.9 cm³/mol. The zero-order chi connectivity index (χ0) is 9.68. The molecule has 0 saturated heterocycles. The van der Waals surface area contributed by atoms with E-state index in [1.807, 2.05) is 6.20 Å². The topological polar surface area (TPSA) is 28.7 Å². The second kappa shape index (κ2) is 7.59. The summed E-state index contributed by atoms with van der Waals surface area (Å²) in [6, 6.07) is 0. The van der Waals surface area contributed by atoms with Crippen molar-refractivity contribution in [2.24, 2.45) is 11.8 Å². The van der Waals surface area contributed by atoms with Gasteiger partial charge >= 0.3 is 0 Å². The summed E-state index contributed by atoms with van der Waals surface area (Å²) in [6.45, 7) is 6.61. The SMILES string of the molecule is C[CH-]C(C)C(C)[CH-]Cc1cnc[nH]1.[Y]. The van der Waals surface area contributed by atoms with Crippen LogP contribution in [0.25, 0.3) is 0 Å². The third-order valence-electron chi connectivity index (χ3n) is 2.62. The summed E-state index contributed by atoms with van der Waals surface area (Å²) >= 11 is 0. The van der Waals surface area contributed by atoms with E-state index in [0.29, 0.717) is 11.8 Å². The second-order valence-corrected chi connectivity index (χ2v) is 3.57. The van der Waals surface area contributed by atoms with Crippen LogP contribution < -0.4 is 0 Å². The van der Waals surface area contributed by atoms with Gasteiger partial charge in [0.05, 0.1) is 6.33 Å². The Morgan fingerprint density at radius 1 is 1.43 bits per heavy atom. The molecule has 2 atom stereocenters. The molecule has 1 rings (SSSR count). The van der Waals surface area contributed by atoms with E-state index in [-0.39, 0.29) is 32.7 Å². The van der Waals surface area contributed by atoms with Crippen LogP contribution in [0.2, 0.25) is 0 Å². The number of hydrogen-bond acceptors (Lipinski definition) is 1. The third kappa shape index (κ3) is 4.70. The predicted octanol–water partition coefficient (Wildman–Crippen LogP) is 2.65. The smallest absolute Gasteiger partial charge is 0.0920 e. The molecule has 0 bridgehead atoms. The number of nitrogens with zero attached hydrogens (tertiary/aromatic N) is 1. The number of imidazole rings is 1. The number of rotatable bonds is 5. The molecule has 1 aromatic rings. The van der Waals surface area contributed by atoms with Gasteiger partial charge in [-0.25, -0.2) is 4.98 Å². The van der Waals surface area contributed by atoms with E-state index in [0.717, 1.165) is 6.42 Å². The molecule has 1 N–H and O–H groups in total. The molecule has 0 saturated carbocycles. The summed E-state index contributed by atoms with van der Waals surface area (Å²) in [6.07, 6.45) is 9.17. The van der Waals surface area contributed by atoms with Gasteiger partial charge in [-0.3, -0.25) is 0 Å². The Hall–Kier alpha value is 0.314. The van der Waals surface area contributed by atoms with Crippen molar-refractivity contribution in [1.82, 2.24) is 9.97 Å². The first-order chi connectivity index (χ1) is 6.24. The van der Waals surface area contributed by atoms with Crippen LogP contribution in [-0.2, 0) is 39.1 Å². The molecule has 1 heterocycles. The minimum Gasteiger partial charge on any atom is -0.351 e. The molecule has 0 aromatic carbocycles. The molecular formula is C11H18N2Y-2. The summed E-state index contributed by atoms with van der Waals surface area (Å²) in [5.74, 6) is 1.29. The number of aromatic nitrogens is 2. The minimum atomic E-state index is 0. The van der Waals surface area contributed by atoms with Crippen molar-refractivity contribution >= 4 is 0 Å². The number of H-pyrrole nitrogens is 1. The first-order valence-electron chi connectivity index (χ1n) is 4.84. The van der Waals surface area contributed by atoms with Crippen LogP contribution in [-0.4, -0.2) is 9.97 Å². The Morgan fingerprint density at radius 2 is 2.14 bits per heavy atom. The average molecular weight is 267 g/mol. The maximum absolute atomic E-state index is 3.98. The molecule has 0 spiro atoms. The van der Waals surface area contributed by atoms with Gasteiger partial charge in [-0.05, 0) is 0 Å². The number of hydrogen-bond donors (Lipinski definition) is 1. The number of aromatic amines is 1. The molecular weight excluding hydrogens is 249 g/mol. The van der Waals surface area contributed by atoms with Gasteiger partial charge in [-0.1, -0.05) is 13.8 Å². The molecule has 77 valence electrons. The maximum Gasteiger partial charge on any atom is 0.0920 e.